The molecule has 6 nitrogen and oxygen atoms in total. The highest BCUT2D eigenvalue weighted by Gasteiger charge is 2.48. The second kappa shape index (κ2) is 9.26. The van der Waals surface area contributed by atoms with Crippen LogP contribution < -0.4 is 9.64 Å². The second-order valence-electron chi connectivity index (χ2n) is 10.1. The van der Waals surface area contributed by atoms with E-state index in [0.717, 1.165) is 21.6 Å². The molecule has 0 saturated carbocycles. The summed E-state index contributed by atoms with van der Waals surface area (Å²) >= 11 is 7.46. The van der Waals surface area contributed by atoms with E-state index in [9.17, 15) is 14.7 Å². The number of thiazole rings is 1. The summed E-state index contributed by atoms with van der Waals surface area (Å²) in [5.74, 6) is -0.602. The molecule has 3 heterocycles. The first-order chi connectivity index (χ1) is 18.2. The standard InChI is InChI=1S/C30H25ClN2O4S/c1-15(2)17-4-6-18(7-5-17)26-25(27(34)19-8-11-23-20(13-19)12-16(3)37-23)28(35)29(36)33(26)30-32-22-10-9-21(31)14-24(22)38-30/h4-11,13-16,26,34H,12H2,1-3H3/b27-25+/t16-,26-/m0/s1. The number of Topliss-reactive ketones (excluding diaryl/α,β-unsaturated/α-hetero) is 1. The molecule has 3 aromatic carbocycles. The van der Waals surface area contributed by atoms with Gasteiger partial charge in [-0.3, -0.25) is 14.5 Å². The average Bonchev–Trinajstić information content (AvgIpc) is 3.55. The lowest BCUT2D eigenvalue weighted by atomic mass is 9.93. The van der Waals surface area contributed by atoms with Gasteiger partial charge in [0.25, 0.3) is 5.78 Å². The summed E-state index contributed by atoms with van der Waals surface area (Å²) in [5, 5.41) is 12.5. The maximum Gasteiger partial charge on any atom is 0.301 e. The lowest BCUT2D eigenvalue weighted by molar-refractivity contribution is -0.132. The third kappa shape index (κ3) is 4.06. The van der Waals surface area contributed by atoms with Gasteiger partial charge in [0.05, 0.1) is 21.8 Å². The largest absolute Gasteiger partial charge is 0.507 e. The molecule has 0 aliphatic carbocycles. The predicted molar refractivity (Wildman–Crippen MR) is 150 cm³/mol. The molecular formula is C30H25ClN2O4S. The number of aromatic nitrogens is 1. The van der Waals surface area contributed by atoms with Crippen LogP contribution in [0.5, 0.6) is 5.75 Å². The number of aliphatic hydroxyl groups excluding tert-OH is 1. The SMILES string of the molecule is CC(C)c1ccc([C@H]2/C(=C(\O)c3ccc4c(c3)C[C@H](C)O4)C(=O)C(=O)N2c2nc3ccc(Cl)cc3s2)cc1. The van der Waals surface area contributed by atoms with Crippen LogP contribution in [0.4, 0.5) is 5.13 Å². The van der Waals surface area contributed by atoms with Crippen molar-refractivity contribution >= 4 is 55.7 Å². The fraction of sp³-hybridized carbons (Fsp3) is 0.233. The Bertz CT molecular complexity index is 1640. The summed E-state index contributed by atoms with van der Waals surface area (Å²) < 4.78 is 6.60. The van der Waals surface area contributed by atoms with Crippen LogP contribution in [0.1, 0.15) is 55.0 Å². The van der Waals surface area contributed by atoms with Crippen LogP contribution in [-0.2, 0) is 16.0 Å². The number of ether oxygens (including phenoxy) is 1. The Morgan fingerprint density at radius 3 is 2.61 bits per heavy atom. The summed E-state index contributed by atoms with van der Waals surface area (Å²) in [6.45, 7) is 6.19. The minimum absolute atomic E-state index is 0.0384. The van der Waals surface area contributed by atoms with E-state index >= 15 is 0 Å². The quantitative estimate of drug-likeness (QED) is 0.170. The lowest BCUT2D eigenvalue weighted by Crippen LogP contribution is -2.29. The van der Waals surface area contributed by atoms with Crippen molar-refractivity contribution in [1.29, 1.82) is 0 Å². The Hall–Kier alpha value is -3.68. The van der Waals surface area contributed by atoms with Gasteiger partial charge in [-0.05, 0) is 65.9 Å². The number of nitrogens with zero attached hydrogens (tertiary/aromatic N) is 2. The number of ketones is 1. The van der Waals surface area contributed by atoms with E-state index in [-0.39, 0.29) is 17.4 Å². The van der Waals surface area contributed by atoms with E-state index in [2.05, 4.69) is 18.8 Å². The van der Waals surface area contributed by atoms with Gasteiger partial charge in [0.15, 0.2) is 5.13 Å². The van der Waals surface area contributed by atoms with Crippen LogP contribution >= 0.6 is 22.9 Å². The number of rotatable bonds is 4. The number of benzene rings is 3. The number of halogens is 1. The highest BCUT2D eigenvalue weighted by atomic mass is 35.5. The van der Waals surface area contributed by atoms with Crippen molar-refractivity contribution < 1.29 is 19.4 Å². The Morgan fingerprint density at radius 1 is 1.11 bits per heavy atom. The fourth-order valence-electron chi connectivity index (χ4n) is 5.12. The van der Waals surface area contributed by atoms with Crippen molar-refractivity contribution in [2.75, 3.05) is 4.90 Å². The summed E-state index contributed by atoms with van der Waals surface area (Å²) in [6, 6.07) is 17.6. The molecule has 6 rings (SSSR count). The van der Waals surface area contributed by atoms with Crippen LogP contribution in [0.25, 0.3) is 16.0 Å². The number of carbonyl (C=O) groups is 2. The third-order valence-corrected chi connectivity index (χ3v) is 8.33. The Labute approximate surface area is 229 Å². The number of hydrogen-bond donors (Lipinski definition) is 1. The van der Waals surface area contributed by atoms with E-state index in [4.69, 9.17) is 16.3 Å². The molecule has 0 spiro atoms. The molecule has 4 aromatic rings. The Kier molecular flexibility index (Phi) is 6.00. The predicted octanol–water partition coefficient (Wildman–Crippen LogP) is 7.02. The fourth-order valence-corrected chi connectivity index (χ4v) is 6.39. The van der Waals surface area contributed by atoms with Gasteiger partial charge >= 0.3 is 5.91 Å². The minimum Gasteiger partial charge on any atom is -0.507 e. The highest BCUT2D eigenvalue weighted by Crippen LogP contribution is 2.45. The number of hydrogen-bond acceptors (Lipinski definition) is 6. The zero-order valence-corrected chi connectivity index (χ0v) is 22.6. The number of carbonyl (C=O) groups excluding carboxylic acids is 2. The van der Waals surface area contributed by atoms with Crippen molar-refractivity contribution in [3.05, 3.63) is 93.5 Å². The lowest BCUT2D eigenvalue weighted by Gasteiger charge is -2.23. The minimum atomic E-state index is -0.837. The van der Waals surface area contributed by atoms with Crippen molar-refractivity contribution in [1.82, 2.24) is 4.98 Å². The molecule has 1 N–H and O–H groups in total. The van der Waals surface area contributed by atoms with Crippen LogP contribution in [0.15, 0.2) is 66.2 Å². The maximum absolute atomic E-state index is 13.5. The van der Waals surface area contributed by atoms with Crippen LogP contribution in [0, 0.1) is 0 Å². The highest BCUT2D eigenvalue weighted by molar-refractivity contribution is 7.22. The maximum atomic E-state index is 13.5. The molecule has 38 heavy (non-hydrogen) atoms. The van der Waals surface area contributed by atoms with Gasteiger partial charge in [-0.2, -0.15) is 0 Å². The molecule has 1 fully saturated rings. The van der Waals surface area contributed by atoms with Gasteiger partial charge in [0.2, 0.25) is 0 Å². The molecule has 8 heteroatoms. The van der Waals surface area contributed by atoms with Gasteiger partial charge in [-0.1, -0.05) is 61.1 Å². The van der Waals surface area contributed by atoms with Crippen LogP contribution in [0.2, 0.25) is 5.02 Å². The normalized spacial score (nSPS) is 20.4. The first kappa shape index (κ1) is 24.6. The van der Waals surface area contributed by atoms with Gasteiger partial charge < -0.3 is 9.84 Å². The van der Waals surface area contributed by atoms with Gasteiger partial charge in [0, 0.05) is 17.0 Å². The summed E-state index contributed by atoms with van der Waals surface area (Å²) in [4.78, 5) is 33.1. The molecule has 2 aliphatic heterocycles. The zero-order chi connectivity index (χ0) is 26.7. The van der Waals surface area contributed by atoms with Gasteiger partial charge in [-0.15, -0.1) is 0 Å². The molecule has 1 saturated heterocycles. The van der Waals surface area contributed by atoms with Crippen LogP contribution in [-0.4, -0.2) is 27.9 Å². The van der Waals surface area contributed by atoms with Crippen LogP contribution in [0.3, 0.4) is 0 Å². The van der Waals surface area contributed by atoms with E-state index in [0.29, 0.717) is 39.1 Å². The van der Waals surface area contributed by atoms with Gasteiger partial charge in [-0.25, -0.2) is 4.98 Å². The number of aliphatic hydroxyl groups is 1. The molecule has 0 unspecified atom stereocenters. The number of anilines is 1. The first-order valence-corrected chi connectivity index (χ1v) is 13.7. The number of fused-ring (bicyclic) bond motifs is 2. The first-order valence-electron chi connectivity index (χ1n) is 12.5. The molecule has 192 valence electrons. The smallest absolute Gasteiger partial charge is 0.301 e. The van der Waals surface area contributed by atoms with Crippen molar-refractivity contribution in [2.24, 2.45) is 0 Å². The van der Waals surface area contributed by atoms with E-state index in [1.54, 1.807) is 30.3 Å². The molecule has 1 aromatic heterocycles. The molecule has 1 amide bonds. The Morgan fingerprint density at radius 2 is 1.87 bits per heavy atom. The average molecular weight is 545 g/mol. The van der Waals surface area contributed by atoms with E-state index in [1.165, 1.54) is 16.2 Å². The molecule has 0 radical (unpaired) electrons. The van der Waals surface area contributed by atoms with E-state index in [1.807, 2.05) is 37.3 Å². The van der Waals surface area contributed by atoms with E-state index < -0.39 is 17.7 Å². The molecule has 2 atom stereocenters. The Balaban J connectivity index is 1.53. The zero-order valence-electron chi connectivity index (χ0n) is 21.1. The monoisotopic (exact) mass is 544 g/mol. The van der Waals surface area contributed by atoms with Gasteiger partial charge in [0.1, 0.15) is 17.6 Å². The number of amides is 1. The molecular weight excluding hydrogens is 520 g/mol. The summed E-state index contributed by atoms with van der Waals surface area (Å²) in [6.07, 6.45) is 0.749. The van der Waals surface area contributed by atoms with Crippen molar-refractivity contribution in [3.8, 4) is 5.75 Å². The van der Waals surface area contributed by atoms with Crippen molar-refractivity contribution in [3.63, 3.8) is 0 Å². The topological polar surface area (TPSA) is 79.7 Å². The molecule has 2 aliphatic rings. The summed E-state index contributed by atoms with van der Waals surface area (Å²) in [7, 11) is 0. The third-order valence-electron chi connectivity index (χ3n) is 7.08. The summed E-state index contributed by atoms with van der Waals surface area (Å²) in [5.41, 5.74) is 3.99. The molecule has 0 bridgehead atoms. The van der Waals surface area contributed by atoms with Crippen molar-refractivity contribution in [2.45, 2.75) is 45.3 Å². The second-order valence-corrected chi connectivity index (χ2v) is 11.5.